The zero-order valence-corrected chi connectivity index (χ0v) is 7.98. The van der Waals surface area contributed by atoms with Crippen molar-refractivity contribution in [1.82, 2.24) is 0 Å². The average Bonchev–Trinajstić information content (AvgIpc) is 2.76. The van der Waals surface area contributed by atoms with Crippen molar-refractivity contribution in [3.05, 3.63) is 60.1 Å². The summed E-state index contributed by atoms with van der Waals surface area (Å²) in [5.41, 5.74) is -0.178. The highest BCUT2D eigenvalue weighted by atomic mass is 16.5. The normalized spacial score (nSPS) is 30.9. The molecule has 14 heavy (non-hydrogen) atoms. The van der Waals surface area contributed by atoms with Gasteiger partial charge in [0.15, 0.2) is 0 Å². The summed E-state index contributed by atoms with van der Waals surface area (Å²) in [7, 11) is 0. The van der Waals surface area contributed by atoms with Gasteiger partial charge in [0.2, 0.25) is 0 Å². The van der Waals surface area contributed by atoms with Crippen molar-refractivity contribution in [2.75, 3.05) is 6.61 Å². The largest absolute Gasteiger partial charge is 0.362 e. The van der Waals surface area contributed by atoms with Gasteiger partial charge in [-0.1, -0.05) is 48.9 Å². The molecule has 0 radical (unpaired) electrons. The third kappa shape index (κ3) is 1.30. The minimum Gasteiger partial charge on any atom is -0.362 e. The smallest absolute Gasteiger partial charge is 0.115 e. The standard InChI is InChI=1S/C13H14O/c1-3-11-9-10-14-13(11,2)12-7-5-4-6-8-12/h3-9H,1,10H2,2H3/i4D,5D,6D,7D,8D. The molecule has 0 saturated carbocycles. The van der Waals surface area contributed by atoms with Crippen LogP contribution in [-0.4, -0.2) is 6.61 Å². The van der Waals surface area contributed by atoms with Gasteiger partial charge in [-0.3, -0.25) is 0 Å². The first-order valence-electron chi connectivity index (χ1n) is 6.89. The van der Waals surface area contributed by atoms with Gasteiger partial charge < -0.3 is 4.74 Å². The maximum atomic E-state index is 7.98. The molecule has 1 aliphatic heterocycles. The fourth-order valence-corrected chi connectivity index (χ4v) is 1.56. The summed E-state index contributed by atoms with van der Waals surface area (Å²) in [6, 6.07) is -1.57. The Labute approximate surface area is 91.7 Å². The van der Waals surface area contributed by atoms with Gasteiger partial charge in [-0.15, -0.1) is 0 Å². The minimum atomic E-state index is -1.05. The molecule has 1 unspecified atom stereocenters. The Kier molecular flexibility index (Phi) is 1.21. The van der Waals surface area contributed by atoms with Crippen LogP contribution in [0.1, 0.15) is 19.3 Å². The van der Waals surface area contributed by atoms with Crippen LogP contribution in [0, 0.1) is 0 Å². The van der Waals surface area contributed by atoms with E-state index in [1.165, 1.54) is 0 Å². The summed E-state index contributed by atoms with van der Waals surface area (Å²) in [5.74, 6) is 0. The number of hydrogen-bond acceptors (Lipinski definition) is 1. The molecule has 1 aromatic carbocycles. The lowest BCUT2D eigenvalue weighted by atomic mass is 9.89. The molecule has 0 N–H and O–H groups in total. The van der Waals surface area contributed by atoms with Crippen molar-refractivity contribution < 1.29 is 11.6 Å². The molecule has 1 aromatic rings. The molecule has 1 heterocycles. The maximum absolute atomic E-state index is 7.98. The van der Waals surface area contributed by atoms with E-state index in [9.17, 15) is 0 Å². The van der Waals surface area contributed by atoms with Crippen LogP contribution in [0.4, 0.5) is 0 Å². The van der Waals surface area contributed by atoms with Gasteiger partial charge in [0.25, 0.3) is 0 Å². The summed E-state index contributed by atoms with van der Waals surface area (Å²) in [4.78, 5) is 0. The highest BCUT2D eigenvalue weighted by molar-refractivity contribution is 5.39. The summed E-state index contributed by atoms with van der Waals surface area (Å²) < 4.78 is 44.6. The molecule has 0 aliphatic carbocycles. The predicted octanol–water partition coefficient (Wildman–Crippen LogP) is 3.04. The van der Waals surface area contributed by atoms with E-state index in [1.54, 1.807) is 19.1 Å². The molecule has 0 spiro atoms. The van der Waals surface area contributed by atoms with Crippen LogP contribution < -0.4 is 0 Å². The van der Waals surface area contributed by atoms with Crippen molar-refractivity contribution in [3.63, 3.8) is 0 Å². The highest BCUT2D eigenvalue weighted by Crippen LogP contribution is 2.37. The summed E-state index contributed by atoms with van der Waals surface area (Å²) in [6.07, 6.45) is 3.39. The molecule has 0 saturated heterocycles. The molecule has 2 rings (SSSR count). The first-order valence-corrected chi connectivity index (χ1v) is 4.39. The second-order valence-corrected chi connectivity index (χ2v) is 3.21. The Morgan fingerprint density at radius 2 is 2.21 bits per heavy atom. The molecule has 0 fully saturated rings. The molecule has 1 heteroatoms. The summed E-state index contributed by atoms with van der Waals surface area (Å²) in [6.45, 7) is 5.71. The van der Waals surface area contributed by atoms with E-state index >= 15 is 0 Å². The Bertz CT molecular complexity index is 564. The lowest BCUT2D eigenvalue weighted by Crippen LogP contribution is -2.23. The van der Waals surface area contributed by atoms with Crippen LogP contribution in [0.3, 0.4) is 0 Å². The summed E-state index contributed by atoms with van der Waals surface area (Å²) >= 11 is 0. The van der Waals surface area contributed by atoms with Gasteiger partial charge in [0, 0.05) is 0 Å². The Morgan fingerprint density at radius 3 is 2.86 bits per heavy atom. The van der Waals surface area contributed by atoms with E-state index in [1.807, 2.05) is 0 Å². The quantitative estimate of drug-likeness (QED) is 0.698. The summed E-state index contributed by atoms with van der Waals surface area (Å²) in [5, 5.41) is 0. The van der Waals surface area contributed by atoms with E-state index in [-0.39, 0.29) is 29.7 Å². The van der Waals surface area contributed by atoms with E-state index in [0.29, 0.717) is 12.2 Å². The predicted molar refractivity (Wildman–Crippen MR) is 58.0 cm³/mol. The van der Waals surface area contributed by atoms with Crippen molar-refractivity contribution in [1.29, 1.82) is 0 Å². The van der Waals surface area contributed by atoms with Crippen molar-refractivity contribution >= 4 is 0 Å². The Morgan fingerprint density at radius 1 is 1.50 bits per heavy atom. The zero-order chi connectivity index (χ0) is 14.4. The first kappa shape index (κ1) is 4.94. The van der Waals surface area contributed by atoms with Crippen LogP contribution in [0.2, 0.25) is 0 Å². The van der Waals surface area contributed by atoms with Gasteiger partial charge in [0.05, 0.1) is 13.5 Å². The Hall–Kier alpha value is -1.34. The van der Waals surface area contributed by atoms with Crippen LogP contribution in [0.5, 0.6) is 0 Å². The maximum Gasteiger partial charge on any atom is 0.115 e. The third-order valence-corrected chi connectivity index (χ3v) is 2.42. The van der Waals surface area contributed by atoms with Gasteiger partial charge in [0.1, 0.15) is 5.60 Å². The molecule has 0 bridgehead atoms. The molecular weight excluding hydrogens is 172 g/mol. The fourth-order valence-electron chi connectivity index (χ4n) is 1.56. The topological polar surface area (TPSA) is 9.23 Å². The van der Waals surface area contributed by atoms with Crippen LogP contribution in [0.25, 0.3) is 0 Å². The Balaban J connectivity index is 2.77. The molecule has 1 nitrogen and oxygen atoms in total. The average molecular weight is 191 g/mol. The number of ether oxygens (including phenoxy) is 1. The lowest BCUT2D eigenvalue weighted by molar-refractivity contribution is 0.0335. The molecule has 0 aromatic heterocycles. The van der Waals surface area contributed by atoms with Crippen LogP contribution in [-0.2, 0) is 10.3 Å². The molecular formula is C13H14O. The van der Waals surface area contributed by atoms with Gasteiger partial charge in [-0.05, 0) is 18.1 Å². The second kappa shape index (κ2) is 3.43. The molecule has 1 atom stereocenters. The van der Waals surface area contributed by atoms with E-state index < -0.39 is 11.6 Å². The highest BCUT2D eigenvalue weighted by Gasteiger charge is 2.33. The fraction of sp³-hybridized carbons (Fsp3) is 0.231. The molecule has 72 valence electrons. The van der Waals surface area contributed by atoms with E-state index in [0.717, 1.165) is 0 Å². The van der Waals surface area contributed by atoms with E-state index in [4.69, 9.17) is 11.6 Å². The lowest BCUT2D eigenvalue weighted by Gasteiger charge is -2.26. The minimum absolute atomic E-state index is 0.155. The SMILES string of the molecule is [2H]c1c([2H])c([2H])c(C2(C)OCC=C2C=C)c([2H])c1[2H]. The van der Waals surface area contributed by atoms with Gasteiger partial charge >= 0.3 is 0 Å². The number of hydrogen-bond donors (Lipinski definition) is 0. The second-order valence-electron chi connectivity index (χ2n) is 3.21. The first-order chi connectivity index (χ1) is 8.84. The van der Waals surface area contributed by atoms with Crippen LogP contribution >= 0.6 is 0 Å². The third-order valence-electron chi connectivity index (χ3n) is 2.42. The zero-order valence-electron chi connectivity index (χ0n) is 13.0. The number of benzene rings is 1. The molecule has 1 aliphatic rings. The van der Waals surface area contributed by atoms with Crippen molar-refractivity contribution in [3.8, 4) is 0 Å². The monoisotopic (exact) mass is 191 g/mol. The van der Waals surface area contributed by atoms with Crippen molar-refractivity contribution in [2.45, 2.75) is 12.5 Å². The van der Waals surface area contributed by atoms with Crippen molar-refractivity contribution in [2.24, 2.45) is 0 Å². The van der Waals surface area contributed by atoms with Gasteiger partial charge in [-0.2, -0.15) is 0 Å². The number of rotatable bonds is 2. The van der Waals surface area contributed by atoms with Gasteiger partial charge in [-0.25, -0.2) is 0 Å². The van der Waals surface area contributed by atoms with Crippen LogP contribution in [0.15, 0.2) is 54.5 Å². The van der Waals surface area contributed by atoms with E-state index in [2.05, 4.69) is 6.58 Å². The molecule has 0 amide bonds.